The third-order valence-corrected chi connectivity index (χ3v) is 7.10. The third-order valence-electron chi connectivity index (χ3n) is 5.87. The summed E-state index contributed by atoms with van der Waals surface area (Å²) in [5.41, 5.74) is 6.95. The van der Waals surface area contributed by atoms with Gasteiger partial charge >= 0.3 is 0 Å². The number of hydrogen-bond acceptors (Lipinski definition) is 4. The first-order valence-corrected chi connectivity index (χ1v) is 11.7. The van der Waals surface area contributed by atoms with Gasteiger partial charge in [0, 0.05) is 12.1 Å². The summed E-state index contributed by atoms with van der Waals surface area (Å²) in [6, 6.07) is 10.6. The van der Waals surface area contributed by atoms with E-state index in [1.54, 1.807) is 11.3 Å². The molecular formula is C25H31N3OS. The van der Waals surface area contributed by atoms with E-state index in [9.17, 15) is 4.79 Å². The summed E-state index contributed by atoms with van der Waals surface area (Å²) in [4.78, 5) is 22.5. The molecule has 4 rings (SSSR count). The Morgan fingerprint density at radius 3 is 2.57 bits per heavy atom. The van der Waals surface area contributed by atoms with Crippen molar-refractivity contribution >= 4 is 32.6 Å². The number of amides is 1. The van der Waals surface area contributed by atoms with Crippen LogP contribution in [0.2, 0.25) is 0 Å². The molecule has 158 valence electrons. The highest BCUT2D eigenvalue weighted by atomic mass is 32.1. The molecule has 1 heterocycles. The summed E-state index contributed by atoms with van der Waals surface area (Å²) in [6.07, 6.45) is 5.59. The van der Waals surface area contributed by atoms with Gasteiger partial charge in [-0.3, -0.25) is 9.69 Å². The average molecular weight is 422 g/mol. The van der Waals surface area contributed by atoms with Gasteiger partial charge in [0.2, 0.25) is 0 Å². The number of thiazole rings is 1. The highest BCUT2D eigenvalue weighted by Gasteiger charge is 2.23. The molecule has 3 aromatic rings. The molecule has 0 unspecified atom stereocenters. The fraction of sp³-hybridized carbons (Fsp3) is 0.440. The second kappa shape index (κ2) is 8.86. The molecule has 0 radical (unpaired) electrons. The van der Waals surface area contributed by atoms with Crippen molar-refractivity contribution in [1.82, 2.24) is 9.88 Å². The van der Waals surface area contributed by atoms with E-state index in [-0.39, 0.29) is 5.91 Å². The number of nitrogens with zero attached hydrogens (tertiary/aromatic N) is 3. The van der Waals surface area contributed by atoms with E-state index in [4.69, 9.17) is 4.98 Å². The molecular weight excluding hydrogens is 390 g/mol. The van der Waals surface area contributed by atoms with Gasteiger partial charge in [0.05, 0.1) is 10.2 Å². The summed E-state index contributed by atoms with van der Waals surface area (Å²) in [5, 5.41) is 0.806. The van der Waals surface area contributed by atoms with Gasteiger partial charge < -0.3 is 4.90 Å². The number of anilines is 1. The van der Waals surface area contributed by atoms with Crippen LogP contribution in [0.4, 0.5) is 5.13 Å². The fourth-order valence-electron chi connectivity index (χ4n) is 4.33. The average Bonchev–Trinajstić information content (AvgIpc) is 3.14. The maximum atomic E-state index is 13.6. The van der Waals surface area contributed by atoms with Crippen LogP contribution in [0.5, 0.6) is 0 Å². The van der Waals surface area contributed by atoms with Gasteiger partial charge in [0.15, 0.2) is 5.13 Å². The number of aryl methyl sites for hydroxylation is 4. The zero-order chi connectivity index (χ0) is 21.3. The van der Waals surface area contributed by atoms with E-state index in [0.29, 0.717) is 6.54 Å². The van der Waals surface area contributed by atoms with Gasteiger partial charge in [0.1, 0.15) is 0 Å². The van der Waals surface area contributed by atoms with Gasteiger partial charge in [-0.15, -0.1) is 0 Å². The SMILES string of the molecule is Cc1cc(C)c2sc(N(CCCN(C)C)C(=O)c3ccc4c(c3)CCCC4)nc2c1. The summed E-state index contributed by atoms with van der Waals surface area (Å²) in [7, 11) is 4.14. The molecule has 0 saturated heterocycles. The molecule has 1 aliphatic rings. The second-order valence-electron chi connectivity index (χ2n) is 8.73. The van der Waals surface area contributed by atoms with Crippen molar-refractivity contribution < 1.29 is 4.79 Å². The highest BCUT2D eigenvalue weighted by molar-refractivity contribution is 7.22. The first-order chi connectivity index (χ1) is 14.4. The third kappa shape index (κ3) is 4.42. The monoisotopic (exact) mass is 421 g/mol. The minimum absolute atomic E-state index is 0.0653. The van der Waals surface area contributed by atoms with Gasteiger partial charge in [-0.2, -0.15) is 0 Å². The summed E-state index contributed by atoms with van der Waals surface area (Å²) < 4.78 is 1.17. The van der Waals surface area contributed by atoms with Gasteiger partial charge in [0.25, 0.3) is 5.91 Å². The van der Waals surface area contributed by atoms with Crippen LogP contribution >= 0.6 is 11.3 Å². The van der Waals surface area contributed by atoms with Crippen LogP contribution in [-0.2, 0) is 12.8 Å². The van der Waals surface area contributed by atoms with Crippen LogP contribution in [0.3, 0.4) is 0 Å². The van der Waals surface area contributed by atoms with Crippen LogP contribution in [-0.4, -0.2) is 43.0 Å². The predicted molar refractivity (Wildman–Crippen MR) is 127 cm³/mol. The van der Waals surface area contributed by atoms with Crippen LogP contribution in [0.1, 0.15) is 51.9 Å². The van der Waals surface area contributed by atoms with Gasteiger partial charge in [-0.1, -0.05) is 23.5 Å². The minimum atomic E-state index is 0.0653. The molecule has 30 heavy (non-hydrogen) atoms. The Labute approximate surface area is 183 Å². The fourth-order valence-corrected chi connectivity index (χ4v) is 5.37. The summed E-state index contributed by atoms with van der Waals surface area (Å²) in [6.45, 7) is 5.83. The van der Waals surface area contributed by atoms with E-state index in [0.717, 1.165) is 42.0 Å². The number of carbonyl (C=O) groups is 1. The lowest BCUT2D eigenvalue weighted by atomic mass is 9.90. The largest absolute Gasteiger partial charge is 0.309 e. The molecule has 1 aliphatic carbocycles. The van der Waals surface area contributed by atoms with E-state index < -0.39 is 0 Å². The number of aromatic nitrogens is 1. The molecule has 4 nitrogen and oxygen atoms in total. The maximum Gasteiger partial charge on any atom is 0.260 e. The van der Waals surface area contributed by atoms with Crippen LogP contribution in [0.15, 0.2) is 30.3 Å². The lowest BCUT2D eigenvalue weighted by Crippen LogP contribution is -2.33. The van der Waals surface area contributed by atoms with Crippen molar-refractivity contribution in [2.45, 2.75) is 46.0 Å². The molecule has 2 aromatic carbocycles. The Morgan fingerprint density at radius 1 is 1.03 bits per heavy atom. The topological polar surface area (TPSA) is 36.4 Å². The Bertz CT molecular complexity index is 1070. The lowest BCUT2D eigenvalue weighted by molar-refractivity contribution is 0.0986. The molecule has 0 fully saturated rings. The van der Waals surface area contributed by atoms with Crippen LogP contribution in [0, 0.1) is 13.8 Å². The lowest BCUT2D eigenvalue weighted by Gasteiger charge is -2.22. The van der Waals surface area contributed by atoms with E-state index in [1.807, 2.05) is 11.0 Å². The van der Waals surface area contributed by atoms with Crippen LogP contribution in [0.25, 0.3) is 10.2 Å². The molecule has 0 spiro atoms. The number of benzene rings is 2. The quantitative estimate of drug-likeness (QED) is 0.535. The van der Waals surface area contributed by atoms with E-state index >= 15 is 0 Å². The van der Waals surface area contributed by atoms with Crippen LogP contribution < -0.4 is 4.90 Å². The molecule has 1 aromatic heterocycles. The summed E-state index contributed by atoms with van der Waals surface area (Å²) >= 11 is 1.63. The molecule has 0 N–H and O–H groups in total. The first-order valence-electron chi connectivity index (χ1n) is 10.9. The Balaban J connectivity index is 1.69. The molecule has 1 amide bonds. The smallest absolute Gasteiger partial charge is 0.260 e. The van der Waals surface area contributed by atoms with Crippen molar-refractivity contribution in [2.24, 2.45) is 0 Å². The Kier molecular flexibility index (Phi) is 6.21. The van der Waals surface area contributed by atoms with Crippen molar-refractivity contribution in [2.75, 3.05) is 32.1 Å². The van der Waals surface area contributed by atoms with E-state index in [2.05, 4.69) is 57.1 Å². The Hall–Kier alpha value is -2.24. The van der Waals surface area contributed by atoms with Crippen molar-refractivity contribution in [3.8, 4) is 0 Å². The van der Waals surface area contributed by atoms with Crippen molar-refractivity contribution in [3.05, 3.63) is 58.1 Å². The zero-order valence-corrected chi connectivity index (χ0v) is 19.3. The molecule has 0 bridgehead atoms. The normalized spacial score (nSPS) is 13.6. The zero-order valence-electron chi connectivity index (χ0n) is 18.5. The molecule has 5 heteroatoms. The van der Waals surface area contributed by atoms with Gasteiger partial charge in [-0.25, -0.2) is 4.98 Å². The molecule has 0 saturated carbocycles. The number of hydrogen-bond donors (Lipinski definition) is 0. The molecule has 0 aliphatic heterocycles. The standard InChI is InChI=1S/C25H31N3OS/c1-17-14-18(2)23-22(15-17)26-25(30-23)28(13-7-12-27(3)4)24(29)21-11-10-19-8-5-6-9-20(19)16-21/h10-11,14-16H,5-9,12-13H2,1-4H3. The van der Waals surface area contributed by atoms with Crippen molar-refractivity contribution in [3.63, 3.8) is 0 Å². The molecule has 0 atom stereocenters. The number of rotatable bonds is 6. The predicted octanol–water partition coefficient (Wildman–Crippen LogP) is 5.39. The van der Waals surface area contributed by atoms with Gasteiger partial charge in [-0.05, 0) is 107 Å². The first kappa shape index (κ1) is 21.0. The summed E-state index contributed by atoms with van der Waals surface area (Å²) in [5.74, 6) is 0.0653. The maximum absolute atomic E-state index is 13.6. The van der Waals surface area contributed by atoms with Crippen molar-refractivity contribution in [1.29, 1.82) is 0 Å². The second-order valence-corrected chi connectivity index (χ2v) is 9.71. The minimum Gasteiger partial charge on any atom is -0.309 e. The number of carbonyl (C=O) groups excluding carboxylic acids is 1. The highest BCUT2D eigenvalue weighted by Crippen LogP contribution is 2.33. The Morgan fingerprint density at radius 2 is 1.80 bits per heavy atom. The van der Waals surface area contributed by atoms with E-state index in [1.165, 1.54) is 39.8 Å². The number of fused-ring (bicyclic) bond motifs is 2.